The van der Waals surface area contributed by atoms with Gasteiger partial charge < -0.3 is 37.2 Å². The Kier molecular flexibility index (Phi) is 35.1. The molecule has 5 rings (SSSR count). The van der Waals surface area contributed by atoms with Crippen LogP contribution in [0.1, 0.15) is 235 Å². The fourth-order valence-electron chi connectivity index (χ4n) is 11.1. The van der Waals surface area contributed by atoms with Crippen molar-refractivity contribution in [2.75, 3.05) is 0 Å². The van der Waals surface area contributed by atoms with Crippen molar-refractivity contribution < 1.29 is 58.9 Å². The van der Waals surface area contributed by atoms with Crippen LogP contribution in [-0.2, 0) is 60.2 Å². The quantitative estimate of drug-likeness (QED) is 0.0170. The van der Waals surface area contributed by atoms with Gasteiger partial charge in [-0.3, -0.25) is 0 Å². The second-order valence-electron chi connectivity index (χ2n) is 20.5. The van der Waals surface area contributed by atoms with Gasteiger partial charge in [0.05, 0.1) is 0 Å². The molecule has 0 aromatic heterocycles. The van der Waals surface area contributed by atoms with Gasteiger partial charge in [-0.25, -0.2) is 0 Å². The van der Waals surface area contributed by atoms with Crippen LogP contribution in [0.3, 0.4) is 0 Å². The van der Waals surface area contributed by atoms with E-state index in [0.29, 0.717) is 0 Å². The maximum atomic E-state index is 2.79. The zero-order chi connectivity index (χ0) is 46.1. The maximum absolute atomic E-state index is 2.97. The number of unbranched alkanes of at least 4 members (excludes halogenated alkanes) is 18. The second-order valence-corrected chi connectivity index (χ2v) is 24.3. The molecular formula is C64H95Cl3SiTi. The monoisotopic (exact) mass is 1040 g/mol. The van der Waals surface area contributed by atoms with Crippen LogP contribution >= 0.6 is 0 Å². The van der Waals surface area contributed by atoms with Crippen molar-refractivity contribution in [3.05, 3.63) is 124 Å². The van der Waals surface area contributed by atoms with Crippen LogP contribution in [0, 0.1) is 6.92 Å². The molecule has 0 bridgehead atoms. The minimum atomic E-state index is -2.97. The standard InChI is InChI=1S/C64H95Si.3ClH.Ti/c1-8-14-20-26-34-53-43-54(35-27-21-15-9-2)47-60(46-53)65(64-52(7)42-59-40-32-33-41-63(59)64,61-48-55(36-28-22-16-10-3)44-56(49-61)37-29-23-17-11-4)62-50-57(38-30-24-18-12-5)45-58(51-62)39-31-25-19-13-6;;;;/h32-33,40-51H,8-31,34-39H2,1-7H3;3*1H;/q-1;;;;+4/p-3. The number of benzene rings is 4. The number of hydrogen-bond donors (Lipinski definition) is 0. The Bertz CT molecular complexity index is 1840. The topological polar surface area (TPSA) is 0 Å². The zero-order valence-electron chi connectivity index (χ0n) is 44.9. The van der Waals surface area contributed by atoms with Gasteiger partial charge in [0, 0.05) is 0 Å². The van der Waals surface area contributed by atoms with E-state index in [1.54, 1.807) is 54.1 Å². The van der Waals surface area contributed by atoms with E-state index in [4.69, 9.17) is 0 Å². The van der Waals surface area contributed by atoms with Gasteiger partial charge in [-0.15, -0.1) is 39.7 Å². The summed E-state index contributed by atoms with van der Waals surface area (Å²) in [5.74, 6) is 0. The molecule has 0 N–H and O–H groups in total. The molecule has 0 amide bonds. The molecule has 0 unspecified atom stereocenters. The molecule has 5 aromatic carbocycles. The predicted molar refractivity (Wildman–Crippen MR) is 295 cm³/mol. The van der Waals surface area contributed by atoms with Gasteiger partial charge in [0.2, 0.25) is 0 Å². The summed E-state index contributed by atoms with van der Waals surface area (Å²) in [5, 5.41) is 9.51. The third-order valence-electron chi connectivity index (χ3n) is 14.7. The van der Waals surface area contributed by atoms with E-state index >= 15 is 0 Å². The first-order valence-corrected chi connectivity index (χ1v) is 30.0. The molecule has 0 atom stereocenters. The summed E-state index contributed by atoms with van der Waals surface area (Å²) in [6.07, 6.45) is 38.4. The van der Waals surface area contributed by atoms with Crippen LogP contribution in [-0.4, -0.2) is 8.07 Å². The van der Waals surface area contributed by atoms with E-state index in [2.05, 4.69) is 133 Å². The minimum Gasteiger partial charge on any atom is -1.00 e. The maximum Gasteiger partial charge on any atom is 4.00 e. The fourth-order valence-corrected chi connectivity index (χ4v) is 16.7. The molecule has 380 valence electrons. The number of aryl methyl sites for hydroxylation is 7. The molecule has 0 saturated heterocycles. The Hall–Kier alpha value is -1.71. The first-order chi connectivity index (χ1) is 31.9. The van der Waals surface area contributed by atoms with Crippen LogP contribution in [0.15, 0.2) is 84.9 Å². The molecule has 0 heterocycles. The SMILES string of the molecule is CCCCCCc1cc(CCCCCC)cc([Si](c2cc(CCCCCC)cc(CCCCCC)c2)(c2cc(CCCCCC)cc(CCCCCC)c2)[c-]2c(C)cc3ccccc32)c1.[Cl-].[Cl-].[Cl-].[Ti+4]. The summed E-state index contributed by atoms with van der Waals surface area (Å²) in [7, 11) is -2.97. The van der Waals surface area contributed by atoms with Crippen LogP contribution in [0.5, 0.6) is 0 Å². The van der Waals surface area contributed by atoms with Crippen LogP contribution < -0.4 is 58.0 Å². The minimum absolute atomic E-state index is 0. The van der Waals surface area contributed by atoms with E-state index < -0.39 is 8.07 Å². The van der Waals surface area contributed by atoms with Crippen molar-refractivity contribution >= 4 is 39.6 Å². The van der Waals surface area contributed by atoms with Gasteiger partial charge in [0.1, 0.15) is 8.07 Å². The molecule has 0 fully saturated rings. The normalized spacial score (nSPS) is 11.2. The molecule has 0 saturated carbocycles. The zero-order valence-corrected chi connectivity index (χ0v) is 49.8. The number of rotatable bonds is 34. The molecule has 0 aliphatic heterocycles. The van der Waals surface area contributed by atoms with Crippen molar-refractivity contribution in [2.45, 2.75) is 241 Å². The van der Waals surface area contributed by atoms with Gasteiger partial charge in [-0.05, 0) is 110 Å². The molecule has 5 aromatic rings. The Morgan fingerprint density at radius 1 is 0.333 bits per heavy atom. The molecule has 0 radical (unpaired) electrons. The number of fused-ring (bicyclic) bond motifs is 1. The molecule has 0 spiro atoms. The summed E-state index contributed by atoms with van der Waals surface area (Å²) in [5.41, 5.74) is 11.0. The molecule has 0 nitrogen and oxygen atoms in total. The molecular weight excluding hydrogens is 951 g/mol. The first-order valence-electron chi connectivity index (χ1n) is 28.0. The van der Waals surface area contributed by atoms with E-state index in [1.807, 2.05) is 0 Å². The third-order valence-corrected chi connectivity index (χ3v) is 19.6. The van der Waals surface area contributed by atoms with Gasteiger partial charge in [0.25, 0.3) is 0 Å². The van der Waals surface area contributed by atoms with Crippen molar-refractivity contribution in [1.29, 1.82) is 0 Å². The Morgan fingerprint density at radius 2 is 0.594 bits per heavy atom. The smallest absolute Gasteiger partial charge is 1.00 e. The van der Waals surface area contributed by atoms with Crippen molar-refractivity contribution in [3.63, 3.8) is 0 Å². The van der Waals surface area contributed by atoms with Crippen molar-refractivity contribution in [2.24, 2.45) is 0 Å². The largest absolute Gasteiger partial charge is 4.00 e. The molecule has 0 aliphatic rings. The van der Waals surface area contributed by atoms with E-state index in [1.165, 1.54) is 209 Å². The van der Waals surface area contributed by atoms with Crippen LogP contribution in [0.25, 0.3) is 10.8 Å². The molecule has 5 heteroatoms. The summed E-state index contributed by atoms with van der Waals surface area (Å²) < 4.78 is 0. The summed E-state index contributed by atoms with van der Waals surface area (Å²) in [4.78, 5) is 0. The summed E-state index contributed by atoms with van der Waals surface area (Å²) >= 11 is 0. The van der Waals surface area contributed by atoms with Gasteiger partial charge in [-0.1, -0.05) is 240 Å². The van der Waals surface area contributed by atoms with E-state index in [-0.39, 0.29) is 58.9 Å². The van der Waals surface area contributed by atoms with Gasteiger partial charge >= 0.3 is 21.7 Å². The average molecular weight is 1050 g/mol. The summed E-state index contributed by atoms with van der Waals surface area (Å²) in [6, 6.07) is 36.8. The fraction of sp³-hybridized carbons (Fsp3) is 0.578. The molecule has 0 aliphatic carbocycles. The first kappa shape index (κ1) is 65.3. The average Bonchev–Trinajstić information content (AvgIpc) is 3.65. The second kappa shape index (κ2) is 37.1. The summed E-state index contributed by atoms with van der Waals surface area (Å²) in [6.45, 7) is 16.6. The van der Waals surface area contributed by atoms with E-state index in [0.717, 1.165) is 0 Å². The Morgan fingerprint density at radius 3 is 0.855 bits per heavy atom. The number of hydrogen-bond acceptors (Lipinski definition) is 0. The van der Waals surface area contributed by atoms with Gasteiger partial charge in [0.15, 0.2) is 0 Å². The van der Waals surface area contributed by atoms with Crippen molar-refractivity contribution in [3.8, 4) is 0 Å². The van der Waals surface area contributed by atoms with E-state index in [9.17, 15) is 0 Å². The third kappa shape index (κ3) is 19.9. The van der Waals surface area contributed by atoms with Crippen molar-refractivity contribution in [1.82, 2.24) is 0 Å². The van der Waals surface area contributed by atoms with Gasteiger partial charge in [-0.2, -0.15) is 6.07 Å². The molecule has 69 heavy (non-hydrogen) atoms. The Balaban J connectivity index is 0.00000595. The van der Waals surface area contributed by atoms with Crippen LogP contribution in [0.4, 0.5) is 0 Å². The number of halogens is 3. The Labute approximate surface area is 460 Å². The van der Waals surface area contributed by atoms with Crippen LogP contribution in [0.2, 0.25) is 0 Å². The predicted octanol–water partition coefficient (Wildman–Crippen LogP) is 7.99.